The summed E-state index contributed by atoms with van der Waals surface area (Å²) >= 11 is 0. The summed E-state index contributed by atoms with van der Waals surface area (Å²) in [5.41, 5.74) is 0.941. The molecule has 0 bridgehead atoms. The van der Waals surface area contributed by atoms with E-state index in [2.05, 4.69) is 27.3 Å². The van der Waals surface area contributed by atoms with Crippen molar-refractivity contribution in [3.63, 3.8) is 0 Å². The average molecular weight is 324 g/mol. The zero-order valence-corrected chi connectivity index (χ0v) is 13.7. The number of aromatic nitrogens is 2. The highest BCUT2D eigenvalue weighted by Crippen LogP contribution is 2.25. The molecule has 1 atom stereocenters. The molecular formula is C18H20N4O2. The maximum atomic E-state index is 12.3. The summed E-state index contributed by atoms with van der Waals surface area (Å²) in [7, 11) is 0. The molecule has 6 nitrogen and oxygen atoms in total. The van der Waals surface area contributed by atoms with Gasteiger partial charge in [0.15, 0.2) is 5.82 Å². The Morgan fingerprint density at radius 2 is 2.25 bits per heavy atom. The summed E-state index contributed by atoms with van der Waals surface area (Å²) in [6.45, 7) is 3.46. The number of aryl methyl sites for hydroxylation is 1. The quantitative estimate of drug-likeness (QED) is 0.861. The van der Waals surface area contributed by atoms with Gasteiger partial charge in [-0.1, -0.05) is 35.2 Å². The van der Waals surface area contributed by atoms with Gasteiger partial charge in [0.1, 0.15) is 0 Å². The topological polar surface area (TPSA) is 71.3 Å². The molecule has 1 aliphatic rings. The van der Waals surface area contributed by atoms with Crippen LogP contribution in [-0.4, -0.2) is 40.7 Å². The number of piperidine rings is 1. The smallest absolute Gasteiger partial charge is 0.318 e. The van der Waals surface area contributed by atoms with Crippen molar-refractivity contribution in [2.24, 2.45) is 0 Å². The second kappa shape index (κ2) is 7.64. The van der Waals surface area contributed by atoms with E-state index in [4.69, 9.17) is 4.52 Å². The van der Waals surface area contributed by atoms with Gasteiger partial charge in [0, 0.05) is 18.7 Å². The average Bonchev–Trinajstić information content (AvgIpc) is 3.06. The van der Waals surface area contributed by atoms with Crippen LogP contribution < -0.4 is 5.32 Å². The minimum Gasteiger partial charge on any atom is -0.339 e. The molecule has 1 unspecified atom stereocenters. The lowest BCUT2D eigenvalue weighted by atomic mass is 9.98. The number of urea groups is 1. The third-order valence-corrected chi connectivity index (χ3v) is 3.94. The first-order chi connectivity index (χ1) is 11.7. The molecule has 1 N–H and O–H groups in total. The van der Waals surface area contributed by atoms with Gasteiger partial charge in [-0.2, -0.15) is 4.98 Å². The number of nitrogens with one attached hydrogen (secondary N) is 1. The Labute approximate surface area is 141 Å². The number of carbonyl (C=O) groups is 1. The Hall–Kier alpha value is -2.81. The fourth-order valence-corrected chi connectivity index (χ4v) is 2.74. The van der Waals surface area contributed by atoms with E-state index >= 15 is 0 Å². The molecule has 1 aromatic heterocycles. The van der Waals surface area contributed by atoms with Crippen LogP contribution in [0.3, 0.4) is 0 Å². The van der Waals surface area contributed by atoms with Crippen molar-refractivity contribution in [3.8, 4) is 11.8 Å². The molecule has 24 heavy (non-hydrogen) atoms. The molecule has 1 aliphatic heterocycles. The minimum atomic E-state index is -0.0988. The van der Waals surface area contributed by atoms with E-state index in [1.54, 1.807) is 11.8 Å². The van der Waals surface area contributed by atoms with Crippen molar-refractivity contribution >= 4 is 6.03 Å². The first-order valence-corrected chi connectivity index (χ1v) is 8.09. The Morgan fingerprint density at radius 3 is 3.00 bits per heavy atom. The predicted octanol–water partition coefficient (Wildman–Crippen LogP) is 2.32. The fourth-order valence-electron chi connectivity index (χ4n) is 2.74. The van der Waals surface area contributed by atoms with Gasteiger partial charge >= 0.3 is 6.03 Å². The fraction of sp³-hybridized carbons (Fsp3) is 0.389. The van der Waals surface area contributed by atoms with Crippen LogP contribution in [0.5, 0.6) is 0 Å². The van der Waals surface area contributed by atoms with Crippen molar-refractivity contribution in [1.82, 2.24) is 20.4 Å². The summed E-state index contributed by atoms with van der Waals surface area (Å²) in [6, 6.07) is 9.61. The maximum absolute atomic E-state index is 12.3. The molecule has 1 saturated heterocycles. The lowest BCUT2D eigenvalue weighted by molar-refractivity contribution is 0.173. The number of rotatable bonds is 2. The SMILES string of the molecule is Cc1noc(C2CCCN(C(=O)NCC#Cc3ccccc3)C2)n1. The van der Waals surface area contributed by atoms with Gasteiger partial charge in [0.25, 0.3) is 0 Å². The van der Waals surface area contributed by atoms with Crippen molar-refractivity contribution in [2.45, 2.75) is 25.7 Å². The Morgan fingerprint density at radius 1 is 1.42 bits per heavy atom. The number of nitrogens with zero attached hydrogens (tertiary/aromatic N) is 3. The molecule has 2 heterocycles. The van der Waals surface area contributed by atoms with E-state index in [0.717, 1.165) is 24.9 Å². The lowest BCUT2D eigenvalue weighted by Gasteiger charge is -2.30. The highest BCUT2D eigenvalue weighted by Gasteiger charge is 2.28. The molecule has 0 aliphatic carbocycles. The molecule has 124 valence electrons. The third kappa shape index (κ3) is 4.13. The molecule has 0 saturated carbocycles. The highest BCUT2D eigenvalue weighted by atomic mass is 16.5. The van der Waals surface area contributed by atoms with Crippen molar-refractivity contribution < 1.29 is 9.32 Å². The largest absolute Gasteiger partial charge is 0.339 e. The van der Waals surface area contributed by atoms with Crippen LogP contribution in [0, 0.1) is 18.8 Å². The summed E-state index contributed by atoms with van der Waals surface area (Å²) in [4.78, 5) is 18.3. The van der Waals surface area contributed by atoms with Crippen molar-refractivity contribution in [3.05, 3.63) is 47.6 Å². The molecular weight excluding hydrogens is 304 g/mol. The minimum absolute atomic E-state index is 0.0988. The predicted molar refractivity (Wildman–Crippen MR) is 89.3 cm³/mol. The van der Waals surface area contributed by atoms with Crippen molar-refractivity contribution in [1.29, 1.82) is 0 Å². The van der Waals surface area contributed by atoms with E-state index in [-0.39, 0.29) is 11.9 Å². The molecule has 2 aromatic rings. The number of hydrogen-bond acceptors (Lipinski definition) is 4. The van der Waals surface area contributed by atoms with Gasteiger partial charge in [-0.15, -0.1) is 0 Å². The van der Waals surface area contributed by atoms with Gasteiger partial charge in [-0.05, 0) is 31.9 Å². The zero-order valence-electron chi connectivity index (χ0n) is 13.7. The molecule has 0 radical (unpaired) electrons. The number of hydrogen-bond donors (Lipinski definition) is 1. The van der Waals surface area contributed by atoms with E-state index < -0.39 is 0 Å². The van der Waals surface area contributed by atoms with Gasteiger partial charge in [0.2, 0.25) is 5.89 Å². The summed E-state index contributed by atoms with van der Waals surface area (Å²) < 4.78 is 5.24. The van der Waals surface area contributed by atoms with E-state index in [1.807, 2.05) is 30.3 Å². The number of carbonyl (C=O) groups excluding carboxylic acids is 1. The molecule has 3 rings (SSSR count). The summed E-state index contributed by atoms with van der Waals surface area (Å²) in [5.74, 6) is 7.35. The molecule has 1 fully saturated rings. The first kappa shape index (κ1) is 16.1. The van der Waals surface area contributed by atoms with Crippen LogP contribution in [-0.2, 0) is 0 Å². The van der Waals surface area contributed by atoms with Crippen LogP contribution >= 0.6 is 0 Å². The number of likely N-dealkylation sites (tertiary alicyclic amines) is 1. The van der Waals surface area contributed by atoms with E-state index in [0.29, 0.717) is 24.8 Å². The molecule has 2 amide bonds. The van der Waals surface area contributed by atoms with Crippen LogP contribution in [0.4, 0.5) is 4.79 Å². The zero-order chi connectivity index (χ0) is 16.8. The van der Waals surface area contributed by atoms with Crippen molar-refractivity contribution in [2.75, 3.05) is 19.6 Å². The van der Waals surface area contributed by atoms with E-state index in [1.165, 1.54) is 0 Å². The van der Waals surface area contributed by atoms with Gasteiger partial charge in [-0.3, -0.25) is 0 Å². The Balaban J connectivity index is 1.50. The Kier molecular flexibility index (Phi) is 5.12. The molecule has 0 spiro atoms. The number of benzene rings is 1. The van der Waals surface area contributed by atoms with Crippen LogP contribution in [0.25, 0.3) is 0 Å². The summed E-state index contributed by atoms with van der Waals surface area (Å²) in [5, 5.41) is 6.67. The first-order valence-electron chi connectivity index (χ1n) is 8.09. The van der Waals surface area contributed by atoms with Crippen LogP contribution in [0.15, 0.2) is 34.9 Å². The lowest BCUT2D eigenvalue weighted by Crippen LogP contribution is -2.45. The summed E-state index contributed by atoms with van der Waals surface area (Å²) in [6.07, 6.45) is 1.88. The number of amides is 2. The second-order valence-electron chi connectivity index (χ2n) is 5.79. The molecule has 1 aromatic carbocycles. The maximum Gasteiger partial charge on any atom is 0.318 e. The Bertz CT molecular complexity index is 745. The van der Waals surface area contributed by atoms with Crippen LogP contribution in [0.2, 0.25) is 0 Å². The third-order valence-electron chi connectivity index (χ3n) is 3.94. The standard InChI is InChI=1S/C18H20N4O2/c1-14-20-17(24-21-14)16-10-6-12-22(13-16)18(23)19-11-5-9-15-7-3-2-4-8-15/h2-4,7-8,16H,6,10-13H2,1H3,(H,19,23). The highest BCUT2D eigenvalue weighted by molar-refractivity contribution is 5.74. The van der Waals surface area contributed by atoms with Gasteiger partial charge < -0.3 is 14.7 Å². The second-order valence-corrected chi connectivity index (χ2v) is 5.79. The van der Waals surface area contributed by atoms with Crippen LogP contribution in [0.1, 0.15) is 36.0 Å². The van der Waals surface area contributed by atoms with Gasteiger partial charge in [-0.25, -0.2) is 4.79 Å². The normalized spacial score (nSPS) is 17.0. The van der Waals surface area contributed by atoms with Gasteiger partial charge in [0.05, 0.1) is 12.5 Å². The van der Waals surface area contributed by atoms with E-state index in [9.17, 15) is 4.79 Å². The monoisotopic (exact) mass is 324 g/mol. The molecule has 6 heteroatoms.